The number of furan rings is 1. The van der Waals surface area contributed by atoms with Gasteiger partial charge in [-0.3, -0.25) is 0 Å². The van der Waals surface area contributed by atoms with Crippen molar-refractivity contribution in [2.45, 2.75) is 0 Å². The van der Waals surface area contributed by atoms with Gasteiger partial charge in [0.05, 0.1) is 0 Å². The van der Waals surface area contributed by atoms with Crippen LogP contribution in [0.5, 0.6) is 0 Å². The summed E-state index contributed by atoms with van der Waals surface area (Å²) in [7, 11) is 0. The van der Waals surface area contributed by atoms with Gasteiger partial charge in [0.2, 0.25) is 0 Å². The smallest absolute Gasteiger partial charge is 0.144 e. The van der Waals surface area contributed by atoms with Crippen molar-refractivity contribution < 1.29 is 4.42 Å². The van der Waals surface area contributed by atoms with E-state index in [0.29, 0.717) is 0 Å². The second-order valence-electron chi connectivity index (χ2n) is 12.1. The molecule has 2 heterocycles. The Morgan fingerprint density at radius 1 is 0.404 bits per heavy atom. The van der Waals surface area contributed by atoms with Gasteiger partial charge in [0.25, 0.3) is 0 Å². The van der Waals surface area contributed by atoms with Crippen LogP contribution in [0.3, 0.4) is 0 Å². The summed E-state index contributed by atoms with van der Waals surface area (Å²) < 4.78 is 9.29. The summed E-state index contributed by atoms with van der Waals surface area (Å²) in [4.78, 5) is 2.36. The molecule has 0 amide bonds. The first-order valence-electron chi connectivity index (χ1n) is 15.9. The van der Waals surface area contributed by atoms with Crippen LogP contribution in [0.15, 0.2) is 168 Å². The van der Waals surface area contributed by atoms with Crippen molar-refractivity contribution in [3.8, 4) is 11.1 Å². The Kier molecular flexibility index (Phi) is 5.78. The first-order valence-corrected chi connectivity index (χ1v) is 16.7. The minimum absolute atomic E-state index is 0.956. The van der Waals surface area contributed by atoms with E-state index < -0.39 is 0 Å². The normalized spacial score (nSPS) is 11.8. The Labute approximate surface area is 275 Å². The quantitative estimate of drug-likeness (QED) is 0.195. The fourth-order valence-electron chi connectivity index (χ4n) is 7.26. The van der Waals surface area contributed by atoms with Gasteiger partial charge in [-0.2, -0.15) is 0 Å². The zero-order chi connectivity index (χ0) is 30.9. The third-order valence-corrected chi connectivity index (χ3v) is 10.6. The number of hydrogen-bond donors (Lipinski definition) is 0. The van der Waals surface area contributed by atoms with Gasteiger partial charge in [-0.1, -0.05) is 103 Å². The number of hydrogen-bond acceptors (Lipinski definition) is 3. The van der Waals surface area contributed by atoms with Gasteiger partial charge in [0.1, 0.15) is 11.2 Å². The van der Waals surface area contributed by atoms with E-state index in [1.807, 2.05) is 11.3 Å². The molecule has 8 aromatic carbocycles. The third kappa shape index (κ3) is 4.10. The zero-order valence-corrected chi connectivity index (χ0v) is 26.2. The number of para-hydroxylation sites is 1. The number of anilines is 3. The molecule has 0 fully saturated rings. The van der Waals surface area contributed by atoms with E-state index in [-0.39, 0.29) is 0 Å². The Hall–Kier alpha value is -5.90. The van der Waals surface area contributed by atoms with Gasteiger partial charge in [0, 0.05) is 53.4 Å². The molecule has 0 N–H and O–H groups in total. The number of thiophene rings is 1. The van der Waals surface area contributed by atoms with Crippen LogP contribution in [0.1, 0.15) is 0 Å². The van der Waals surface area contributed by atoms with E-state index in [1.54, 1.807) is 0 Å². The van der Waals surface area contributed by atoms with Crippen molar-refractivity contribution in [3.63, 3.8) is 0 Å². The monoisotopic (exact) mass is 617 g/mol. The standard InChI is InChI=1S/C44H27NOS/c1-2-14-31(15-3-1)45(32-16-8-13-30(26-32)35-19-9-12-28-10-4-6-17-34(28)35)33-21-24-40-39(27-33)42-41(47-40)25-23-38-37-22-20-29-11-5-7-18-36(29)43(37)46-44(38)42/h1-27H. The molecule has 0 bridgehead atoms. The number of rotatable bonds is 4. The van der Waals surface area contributed by atoms with E-state index >= 15 is 0 Å². The molecule has 47 heavy (non-hydrogen) atoms. The van der Waals surface area contributed by atoms with Crippen LogP contribution < -0.4 is 4.90 Å². The molecule has 0 aliphatic heterocycles. The van der Waals surface area contributed by atoms with Crippen LogP contribution >= 0.6 is 11.3 Å². The van der Waals surface area contributed by atoms with Gasteiger partial charge in [-0.05, 0) is 87.9 Å². The summed E-state index contributed by atoms with van der Waals surface area (Å²) in [5, 5.41) is 9.55. The van der Waals surface area contributed by atoms with Crippen LogP contribution in [-0.4, -0.2) is 0 Å². The molecular formula is C44H27NOS. The predicted molar refractivity (Wildman–Crippen MR) is 202 cm³/mol. The molecule has 0 spiro atoms. The Morgan fingerprint density at radius 3 is 1.96 bits per heavy atom. The molecule has 0 saturated carbocycles. The van der Waals surface area contributed by atoms with Crippen molar-refractivity contribution >= 4 is 92.1 Å². The molecule has 3 heteroatoms. The summed E-state index contributed by atoms with van der Waals surface area (Å²) in [6.45, 7) is 0. The van der Waals surface area contributed by atoms with Crippen molar-refractivity contribution in [3.05, 3.63) is 164 Å². The molecule has 0 unspecified atom stereocenters. The minimum Gasteiger partial charge on any atom is -0.455 e. The highest BCUT2D eigenvalue weighted by Gasteiger charge is 2.19. The zero-order valence-electron chi connectivity index (χ0n) is 25.4. The van der Waals surface area contributed by atoms with Crippen LogP contribution in [0.25, 0.3) is 74.8 Å². The molecule has 0 saturated heterocycles. The van der Waals surface area contributed by atoms with Crippen LogP contribution in [-0.2, 0) is 0 Å². The summed E-state index contributed by atoms with van der Waals surface area (Å²) in [6, 6.07) is 59.0. The van der Waals surface area contributed by atoms with Crippen LogP contribution in [0, 0.1) is 0 Å². The first-order chi connectivity index (χ1) is 23.3. The number of fused-ring (bicyclic) bond motifs is 10. The van der Waals surface area contributed by atoms with E-state index in [4.69, 9.17) is 4.42 Å². The summed E-state index contributed by atoms with van der Waals surface area (Å²) in [5.74, 6) is 0. The molecule has 10 rings (SSSR count). The molecule has 0 atom stereocenters. The highest BCUT2D eigenvalue weighted by Crippen LogP contribution is 2.46. The number of benzene rings is 8. The molecule has 2 aromatic heterocycles. The highest BCUT2D eigenvalue weighted by molar-refractivity contribution is 7.26. The summed E-state index contributed by atoms with van der Waals surface area (Å²) in [6.07, 6.45) is 0. The lowest BCUT2D eigenvalue weighted by molar-refractivity contribution is 0.677. The molecule has 0 aliphatic rings. The Bertz CT molecular complexity index is 2800. The van der Waals surface area contributed by atoms with Crippen LogP contribution in [0.4, 0.5) is 17.1 Å². The molecular weight excluding hydrogens is 591 g/mol. The lowest BCUT2D eigenvalue weighted by Gasteiger charge is -2.26. The maximum absolute atomic E-state index is 6.81. The van der Waals surface area contributed by atoms with Gasteiger partial charge >= 0.3 is 0 Å². The van der Waals surface area contributed by atoms with E-state index in [0.717, 1.165) is 44.4 Å². The fourth-order valence-corrected chi connectivity index (χ4v) is 8.35. The average Bonchev–Trinajstić information content (AvgIpc) is 3.70. The Balaban J connectivity index is 1.20. The Morgan fingerprint density at radius 2 is 1.06 bits per heavy atom. The molecule has 220 valence electrons. The van der Waals surface area contributed by atoms with E-state index in [2.05, 4.69) is 169 Å². The van der Waals surface area contributed by atoms with Gasteiger partial charge < -0.3 is 9.32 Å². The minimum atomic E-state index is 0.956. The summed E-state index contributed by atoms with van der Waals surface area (Å²) in [5.41, 5.74) is 7.67. The maximum Gasteiger partial charge on any atom is 0.144 e. The lowest BCUT2D eigenvalue weighted by atomic mass is 9.97. The molecule has 0 radical (unpaired) electrons. The van der Waals surface area contributed by atoms with Gasteiger partial charge in [-0.25, -0.2) is 0 Å². The van der Waals surface area contributed by atoms with Gasteiger partial charge in [-0.15, -0.1) is 11.3 Å². The van der Waals surface area contributed by atoms with Crippen molar-refractivity contribution in [2.75, 3.05) is 4.90 Å². The SMILES string of the molecule is c1ccc(N(c2cccc(-c3cccc4ccccc34)c2)c2ccc3sc4ccc5c6ccc7ccccc7c6oc5c4c3c2)cc1. The predicted octanol–water partition coefficient (Wildman–Crippen LogP) is 13.4. The highest BCUT2D eigenvalue weighted by atomic mass is 32.1. The molecule has 10 aromatic rings. The van der Waals surface area contributed by atoms with Crippen molar-refractivity contribution in [2.24, 2.45) is 0 Å². The lowest BCUT2D eigenvalue weighted by Crippen LogP contribution is -2.09. The van der Waals surface area contributed by atoms with Crippen molar-refractivity contribution in [1.82, 2.24) is 0 Å². The van der Waals surface area contributed by atoms with Crippen LogP contribution in [0.2, 0.25) is 0 Å². The van der Waals surface area contributed by atoms with E-state index in [1.165, 1.54) is 47.5 Å². The summed E-state index contributed by atoms with van der Waals surface area (Å²) >= 11 is 1.82. The maximum atomic E-state index is 6.81. The fraction of sp³-hybridized carbons (Fsp3) is 0. The molecule has 2 nitrogen and oxygen atoms in total. The molecule has 0 aliphatic carbocycles. The average molecular weight is 618 g/mol. The largest absolute Gasteiger partial charge is 0.455 e. The van der Waals surface area contributed by atoms with Crippen molar-refractivity contribution in [1.29, 1.82) is 0 Å². The topological polar surface area (TPSA) is 16.4 Å². The third-order valence-electron chi connectivity index (χ3n) is 9.42. The van der Waals surface area contributed by atoms with E-state index in [9.17, 15) is 0 Å². The second-order valence-corrected chi connectivity index (χ2v) is 13.2. The second kappa shape index (κ2) is 10.3. The number of nitrogens with zero attached hydrogens (tertiary/aromatic N) is 1. The first kappa shape index (κ1) is 26.3. The van der Waals surface area contributed by atoms with Gasteiger partial charge in [0.15, 0.2) is 0 Å².